The van der Waals surface area contributed by atoms with Crippen LogP contribution < -0.4 is 20.7 Å². The molecule has 1 aliphatic carbocycles. The molecule has 0 atom stereocenters. The molecular weight excluding hydrogens is 554 g/mol. The molecule has 0 radical (unpaired) electrons. The maximum Gasteiger partial charge on any atom is 0.274 e. The van der Waals surface area contributed by atoms with Gasteiger partial charge in [-0.25, -0.2) is 4.98 Å². The van der Waals surface area contributed by atoms with E-state index >= 15 is 0 Å². The first-order valence-corrected chi connectivity index (χ1v) is 15.5. The Morgan fingerprint density at radius 3 is 2.55 bits per heavy atom. The Hall–Kier alpha value is -4.41. The van der Waals surface area contributed by atoms with Crippen LogP contribution >= 0.6 is 0 Å². The largest absolute Gasteiger partial charge is 0.392 e. The minimum atomic E-state index is -0.182. The second-order valence-electron chi connectivity index (χ2n) is 12.2. The van der Waals surface area contributed by atoms with Gasteiger partial charge in [-0.15, -0.1) is 0 Å². The first-order chi connectivity index (χ1) is 21.4. The normalized spacial score (nSPS) is 18.8. The molecule has 3 aromatic rings. The molecule has 1 aromatic carbocycles. The number of anilines is 4. The summed E-state index contributed by atoms with van der Waals surface area (Å²) in [7, 11) is 3.86. The number of aliphatic hydroxyl groups excluding tert-OH is 1. The maximum atomic E-state index is 13.3. The standard InChI is InChI=1S/C34H39N7O3/c1-37-12-14-39(15-13-37)24-10-11-32(35-19-24)36-28-18-23(20-38(2)34(28)44)25-7-5-9-29(27(25)22-42)40-16-17-41-30-8-4-3-6-26(30)33(43)31(41)21-40/h5,7,9-11,18-21,42H,3-4,6,8,12-17,22H2,1-2H3,(H,35,36). The van der Waals surface area contributed by atoms with Gasteiger partial charge in [-0.2, -0.15) is 0 Å². The Morgan fingerprint density at radius 2 is 1.77 bits per heavy atom. The molecule has 0 spiro atoms. The van der Waals surface area contributed by atoms with E-state index in [2.05, 4.69) is 36.9 Å². The lowest BCUT2D eigenvalue weighted by molar-refractivity contribution is -0.112. The van der Waals surface area contributed by atoms with Crippen LogP contribution in [0.4, 0.5) is 22.9 Å². The fourth-order valence-electron chi connectivity index (χ4n) is 6.93. The number of aromatic nitrogens is 2. The van der Waals surface area contributed by atoms with Crippen molar-refractivity contribution in [1.29, 1.82) is 0 Å². The molecule has 1 fully saturated rings. The van der Waals surface area contributed by atoms with E-state index in [1.165, 1.54) is 5.70 Å². The van der Waals surface area contributed by atoms with E-state index in [-0.39, 0.29) is 17.9 Å². The third kappa shape index (κ3) is 5.07. The average Bonchev–Trinajstić information content (AvgIpc) is 3.34. The highest BCUT2D eigenvalue weighted by Gasteiger charge is 2.38. The number of rotatable bonds is 6. The minimum absolute atomic E-state index is 0.144. The molecule has 1 saturated heterocycles. The Labute approximate surface area is 257 Å². The van der Waals surface area contributed by atoms with Crippen LogP contribution in [0.15, 0.2) is 76.8 Å². The van der Waals surface area contributed by atoms with Crippen molar-refractivity contribution >= 4 is 28.7 Å². The monoisotopic (exact) mass is 593 g/mol. The van der Waals surface area contributed by atoms with Gasteiger partial charge in [0.1, 0.15) is 17.2 Å². The average molecular weight is 594 g/mol. The molecule has 10 heteroatoms. The predicted octanol–water partition coefficient (Wildman–Crippen LogP) is 3.81. The van der Waals surface area contributed by atoms with E-state index in [0.717, 1.165) is 97.7 Å². The van der Waals surface area contributed by atoms with E-state index in [1.807, 2.05) is 48.8 Å². The summed E-state index contributed by atoms with van der Waals surface area (Å²) in [5.41, 5.74) is 7.47. The number of Topliss-reactive ketones (excluding diaryl/α,β-unsaturated/α-hetero) is 1. The van der Waals surface area contributed by atoms with Crippen molar-refractivity contribution in [3.05, 3.63) is 87.9 Å². The van der Waals surface area contributed by atoms with Gasteiger partial charge in [-0.3, -0.25) is 9.59 Å². The lowest BCUT2D eigenvalue weighted by atomic mass is 9.96. The van der Waals surface area contributed by atoms with Gasteiger partial charge in [0.2, 0.25) is 5.78 Å². The highest BCUT2D eigenvalue weighted by atomic mass is 16.3. The lowest BCUT2D eigenvalue weighted by Crippen LogP contribution is -2.44. The van der Waals surface area contributed by atoms with Crippen LogP contribution in [0, 0.1) is 0 Å². The highest BCUT2D eigenvalue weighted by molar-refractivity contribution is 6.11. The number of nitrogens with zero attached hydrogens (tertiary/aromatic N) is 6. The van der Waals surface area contributed by atoms with Gasteiger partial charge in [0.05, 0.1) is 18.5 Å². The number of hydrogen-bond acceptors (Lipinski definition) is 9. The van der Waals surface area contributed by atoms with Crippen molar-refractivity contribution in [3.63, 3.8) is 0 Å². The molecule has 0 bridgehead atoms. The quantitative estimate of drug-likeness (QED) is 0.442. The number of ketones is 1. The highest BCUT2D eigenvalue weighted by Crippen LogP contribution is 2.41. The first-order valence-electron chi connectivity index (χ1n) is 15.5. The maximum absolute atomic E-state index is 13.3. The zero-order valence-corrected chi connectivity index (χ0v) is 25.4. The molecule has 7 rings (SSSR count). The van der Waals surface area contributed by atoms with Crippen molar-refractivity contribution in [1.82, 2.24) is 19.4 Å². The van der Waals surface area contributed by atoms with Gasteiger partial charge in [-0.05, 0) is 62.6 Å². The number of aliphatic hydroxyl groups is 1. The van der Waals surface area contributed by atoms with Crippen LogP contribution in [0.25, 0.3) is 11.1 Å². The van der Waals surface area contributed by atoms with Gasteiger partial charge in [-0.1, -0.05) is 12.1 Å². The minimum Gasteiger partial charge on any atom is -0.392 e. The molecule has 10 nitrogen and oxygen atoms in total. The number of likely N-dealkylation sites (N-methyl/N-ethyl adjacent to an activating group) is 1. The zero-order chi connectivity index (χ0) is 30.4. The molecule has 4 aliphatic rings. The van der Waals surface area contributed by atoms with E-state index in [9.17, 15) is 14.7 Å². The third-order valence-corrected chi connectivity index (χ3v) is 9.40. The Kier molecular flexibility index (Phi) is 7.47. The van der Waals surface area contributed by atoms with Crippen LogP contribution in [-0.2, 0) is 18.4 Å². The van der Waals surface area contributed by atoms with Gasteiger partial charge in [0.25, 0.3) is 5.56 Å². The van der Waals surface area contributed by atoms with Crippen LogP contribution in [0.3, 0.4) is 0 Å². The Balaban J connectivity index is 1.17. The van der Waals surface area contributed by atoms with Crippen LogP contribution in [0.5, 0.6) is 0 Å². The van der Waals surface area contributed by atoms with Crippen LogP contribution in [-0.4, -0.2) is 76.6 Å². The van der Waals surface area contributed by atoms with Gasteiger partial charge < -0.3 is 34.6 Å². The number of pyridine rings is 2. The summed E-state index contributed by atoms with van der Waals surface area (Å²) in [6.07, 6.45) is 9.63. The van der Waals surface area contributed by atoms with E-state index in [1.54, 1.807) is 17.8 Å². The number of carbonyl (C=O) groups excluding carboxylic acids is 1. The first kappa shape index (κ1) is 28.4. The van der Waals surface area contributed by atoms with E-state index in [4.69, 9.17) is 0 Å². The number of allylic oxidation sites excluding steroid dienone is 2. The molecule has 3 aliphatic heterocycles. The second-order valence-corrected chi connectivity index (χ2v) is 12.2. The van der Waals surface area contributed by atoms with E-state index < -0.39 is 0 Å². The van der Waals surface area contributed by atoms with Crippen molar-refractivity contribution < 1.29 is 9.90 Å². The van der Waals surface area contributed by atoms with Crippen LogP contribution in [0.2, 0.25) is 0 Å². The summed E-state index contributed by atoms with van der Waals surface area (Å²) >= 11 is 0. The molecule has 2 aromatic heterocycles. The number of nitrogens with one attached hydrogen (secondary N) is 1. The summed E-state index contributed by atoms with van der Waals surface area (Å²) in [5, 5.41) is 13.9. The molecule has 44 heavy (non-hydrogen) atoms. The predicted molar refractivity (Wildman–Crippen MR) is 173 cm³/mol. The molecule has 228 valence electrons. The van der Waals surface area contributed by atoms with Gasteiger partial charge in [0.15, 0.2) is 0 Å². The molecule has 5 heterocycles. The summed E-state index contributed by atoms with van der Waals surface area (Å²) in [6, 6.07) is 11.7. The van der Waals surface area contributed by atoms with Crippen LogP contribution in [0.1, 0.15) is 31.2 Å². The fraction of sp³-hybridized carbons (Fsp3) is 0.382. The number of fused-ring (bicyclic) bond motifs is 2. The molecule has 0 saturated carbocycles. The SMILES string of the molecule is CN1CCN(c2ccc(Nc3cc(-c4cccc(N5C=C6C(=O)C7=C(CCCC7)N6CC5)c4CO)cn(C)c3=O)nc2)CC1. The van der Waals surface area contributed by atoms with Gasteiger partial charge >= 0.3 is 0 Å². The van der Waals surface area contributed by atoms with E-state index in [0.29, 0.717) is 18.1 Å². The zero-order valence-electron chi connectivity index (χ0n) is 25.4. The third-order valence-electron chi connectivity index (χ3n) is 9.40. The van der Waals surface area contributed by atoms with Crippen molar-refractivity contribution in [3.8, 4) is 11.1 Å². The summed E-state index contributed by atoms with van der Waals surface area (Å²) < 4.78 is 1.55. The number of hydrogen-bond donors (Lipinski definition) is 2. The Morgan fingerprint density at radius 1 is 0.955 bits per heavy atom. The van der Waals surface area contributed by atoms with Crippen molar-refractivity contribution in [2.24, 2.45) is 7.05 Å². The smallest absolute Gasteiger partial charge is 0.274 e. The van der Waals surface area contributed by atoms with Crippen molar-refractivity contribution in [2.75, 3.05) is 61.4 Å². The Bertz CT molecular complexity index is 1720. The summed E-state index contributed by atoms with van der Waals surface area (Å²) in [6.45, 7) is 5.22. The molecule has 0 amide bonds. The number of carbonyl (C=O) groups is 1. The number of piperazine rings is 1. The molecular formula is C34H39N7O3. The summed E-state index contributed by atoms with van der Waals surface area (Å²) in [4.78, 5) is 40.0. The van der Waals surface area contributed by atoms with Gasteiger partial charge in [0, 0.05) is 86.8 Å². The number of aryl methyl sites for hydroxylation is 1. The second kappa shape index (κ2) is 11.6. The topological polar surface area (TPSA) is 97.2 Å². The fourth-order valence-corrected chi connectivity index (χ4v) is 6.93. The summed E-state index contributed by atoms with van der Waals surface area (Å²) in [5.74, 6) is 0.736. The molecule has 2 N–H and O–H groups in total. The lowest BCUT2D eigenvalue weighted by Gasteiger charge is -2.35. The van der Waals surface area contributed by atoms with Crippen molar-refractivity contribution in [2.45, 2.75) is 32.3 Å². The number of benzene rings is 1. The molecule has 0 unspecified atom stereocenters.